The lowest BCUT2D eigenvalue weighted by Crippen LogP contribution is -2.50. The Morgan fingerprint density at radius 2 is 1.83 bits per heavy atom. The van der Waals surface area contributed by atoms with Gasteiger partial charge in [0.05, 0.1) is 0 Å². The largest absolute Gasteiger partial charge is 0.396 e. The van der Waals surface area contributed by atoms with Gasteiger partial charge in [0.2, 0.25) is 0 Å². The molecule has 0 aromatic heterocycles. The van der Waals surface area contributed by atoms with Gasteiger partial charge in [-0.3, -0.25) is 15.1 Å². The first-order valence-corrected chi connectivity index (χ1v) is 9.05. The van der Waals surface area contributed by atoms with E-state index in [1.807, 2.05) is 30.3 Å². The van der Waals surface area contributed by atoms with E-state index >= 15 is 0 Å². The average Bonchev–Trinajstić information content (AvgIpc) is 2.80. The minimum atomic E-state index is -0.821. The van der Waals surface area contributed by atoms with Crippen LogP contribution in [-0.2, 0) is 10.3 Å². The Labute approximate surface area is 143 Å². The Morgan fingerprint density at radius 1 is 1.17 bits per heavy atom. The molecule has 1 saturated carbocycles. The molecule has 1 unspecified atom stereocenters. The fourth-order valence-corrected chi connectivity index (χ4v) is 4.19. The molecule has 1 atom stereocenters. The molecule has 0 bridgehead atoms. The highest BCUT2D eigenvalue weighted by Gasteiger charge is 2.54. The summed E-state index contributed by atoms with van der Waals surface area (Å²) in [7, 11) is 0. The van der Waals surface area contributed by atoms with E-state index in [0.29, 0.717) is 13.0 Å². The first-order valence-electron chi connectivity index (χ1n) is 9.05. The Morgan fingerprint density at radius 3 is 2.46 bits per heavy atom. The smallest absolute Gasteiger partial charge is 0.259 e. The molecule has 1 heterocycles. The Balaban J connectivity index is 2.00. The molecule has 5 nitrogen and oxygen atoms in total. The van der Waals surface area contributed by atoms with Crippen LogP contribution in [0.4, 0.5) is 0 Å². The third-order valence-corrected chi connectivity index (χ3v) is 5.40. The molecule has 5 heteroatoms. The summed E-state index contributed by atoms with van der Waals surface area (Å²) >= 11 is 0. The molecule has 3 rings (SSSR count). The number of benzene rings is 1. The van der Waals surface area contributed by atoms with Crippen molar-refractivity contribution in [2.75, 3.05) is 13.2 Å². The summed E-state index contributed by atoms with van der Waals surface area (Å²) < 4.78 is 0. The van der Waals surface area contributed by atoms with Crippen LogP contribution in [0.25, 0.3) is 0 Å². The molecule has 1 saturated heterocycles. The number of carbonyl (C=O) groups is 1. The lowest BCUT2D eigenvalue weighted by atomic mass is 9.74. The van der Waals surface area contributed by atoms with Crippen LogP contribution < -0.4 is 5.32 Å². The van der Waals surface area contributed by atoms with Gasteiger partial charge in [0.25, 0.3) is 5.91 Å². The van der Waals surface area contributed by atoms with Crippen molar-refractivity contribution in [1.29, 1.82) is 5.41 Å². The van der Waals surface area contributed by atoms with E-state index in [4.69, 9.17) is 10.5 Å². The summed E-state index contributed by atoms with van der Waals surface area (Å²) in [4.78, 5) is 14.9. The van der Waals surface area contributed by atoms with Gasteiger partial charge in [-0.2, -0.15) is 0 Å². The Bertz CT molecular complexity index is 582. The van der Waals surface area contributed by atoms with Gasteiger partial charge >= 0.3 is 0 Å². The Kier molecular flexibility index (Phi) is 5.19. The van der Waals surface area contributed by atoms with E-state index in [-0.39, 0.29) is 24.4 Å². The zero-order valence-electron chi connectivity index (χ0n) is 14.1. The average molecular weight is 329 g/mol. The normalized spacial score (nSPS) is 25.6. The number of nitrogens with zero attached hydrogens (tertiary/aromatic N) is 1. The minimum Gasteiger partial charge on any atom is -0.396 e. The summed E-state index contributed by atoms with van der Waals surface area (Å²) in [5, 5.41) is 20.7. The van der Waals surface area contributed by atoms with Gasteiger partial charge in [0.1, 0.15) is 5.54 Å². The van der Waals surface area contributed by atoms with Crippen LogP contribution in [-0.4, -0.2) is 35.0 Å². The van der Waals surface area contributed by atoms with Crippen LogP contribution in [0.1, 0.15) is 50.5 Å². The standard InChI is InChI=1S/C19H27N3O2/c20-18-21-19(16-11-6-3-7-12-16,15-9-4-1-2-5-10-15)17(24)22(18)13-8-14-23/h3,6-7,11-12,15,23H,1-2,4-5,8-10,13-14H2,(H2,20,21). The highest BCUT2D eigenvalue weighted by Crippen LogP contribution is 2.42. The van der Waals surface area contributed by atoms with Crippen molar-refractivity contribution in [3.05, 3.63) is 35.9 Å². The molecule has 2 aliphatic rings. The molecule has 130 valence electrons. The van der Waals surface area contributed by atoms with E-state index in [0.717, 1.165) is 31.2 Å². The molecule has 1 aliphatic heterocycles. The van der Waals surface area contributed by atoms with Gasteiger partial charge in [-0.1, -0.05) is 56.0 Å². The molecule has 3 N–H and O–H groups in total. The first kappa shape index (κ1) is 17.0. The van der Waals surface area contributed by atoms with Crippen LogP contribution in [0.3, 0.4) is 0 Å². The van der Waals surface area contributed by atoms with Crippen LogP contribution in [0.15, 0.2) is 30.3 Å². The molecular weight excluding hydrogens is 302 g/mol. The zero-order valence-corrected chi connectivity index (χ0v) is 14.1. The van der Waals surface area contributed by atoms with E-state index in [1.54, 1.807) is 0 Å². The van der Waals surface area contributed by atoms with Crippen LogP contribution in [0.5, 0.6) is 0 Å². The molecule has 0 spiro atoms. The van der Waals surface area contributed by atoms with Gasteiger partial charge in [0.15, 0.2) is 5.96 Å². The summed E-state index contributed by atoms with van der Waals surface area (Å²) in [5.41, 5.74) is 0.135. The maximum absolute atomic E-state index is 13.4. The molecule has 24 heavy (non-hydrogen) atoms. The van der Waals surface area contributed by atoms with E-state index in [9.17, 15) is 4.79 Å². The molecule has 1 aromatic rings. The zero-order chi connectivity index (χ0) is 17.0. The number of rotatable bonds is 5. The number of guanidine groups is 1. The quantitative estimate of drug-likeness (QED) is 0.727. The summed E-state index contributed by atoms with van der Waals surface area (Å²) in [6.45, 7) is 0.418. The fourth-order valence-electron chi connectivity index (χ4n) is 4.19. The Hall–Kier alpha value is -1.88. The highest BCUT2D eigenvalue weighted by atomic mass is 16.3. The highest BCUT2D eigenvalue weighted by molar-refractivity contribution is 6.08. The van der Waals surface area contributed by atoms with Crippen molar-refractivity contribution in [2.45, 2.75) is 50.5 Å². The van der Waals surface area contributed by atoms with Gasteiger partial charge in [-0.15, -0.1) is 0 Å². The van der Waals surface area contributed by atoms with E-state index in [1.165, 1.54) is 17.7 Å². The second-order valence-electron chi connectivity index (χ2n) is 6.87. The molecular formula is C19H27N3O2. The number of aliphatic hydroxyl groups excluding tert-OH is 1. The topological polar surface area (TPSA) is 76.4 Å². The minimum absolute atomic E-state index is 0.0266. The lowest BCUT2D eigenvalue weighted by Gasteiger charge is -2.35. The SMILES string of the molecule is N=C1NC(c2ccccc2)(C2CCCCCC2)C(=O)N1CCCO. The maximum Gasteiger partial charge on any atom is 0.259 e. The molecule has 1 aliphatic carbocycles. The van der Waals surface area contributed by atoms with Gasteiger partial charge in [-0.25, -0.2) is 0 Å². The number of nitrogens with one attached hydrogen (secondary N) is 2. The van der Waals surface area contributed by atoms with Crippen molar-refractivity contribution >= 4 is 11.9 Å². The molecule has 1 aromatic carbocycles. The van der Waals surface area contributed by atoms with Gasteiger partial charge < -0.3 is 10.4 Å². The van der Waals surface area contributed by atoms with Crippen molar-refractivity contribution < 1.29 is 9.90 Å². The summed E-state index contributed by atoms with van der Waals surface area (Å²) in [6, 6.07) is 9.88. The van der Waals surface area contributed by atoms with Crippen LogP contribution in [0.2, 0.25) is 0 Å². The van der Waals surface area contributed by atoms with Crippen molar-refractivity contribution in [3.63, 3.8) is 0 Å². The lowest BCUT2D eigenvalue weighted by molar-refractivity contribution is -0.133. The number of aliphatic hydroxyl groups is 1. The third kappa shape index (κ3) is 2.93. The van der Waals surface area contributed by atoms with Gasteiger partial charge in [-0.05, 0) is 30.7 Å². The fraction of sp³-hybridized carbons (Fsp3) is 0.579. The van der Waals surface area contributed by atoms with Crippen LogP contribution in [0, 0.1) is 11.3 Å². The summed E-state index contributed by atoms with van der Waals surface area (Å²) in [6.07, 6.45) is 7.23. The number of hydrogen-bond acceptors (Lipinski definition) is 3. The summed E-state index contributed by atoms with van der Waals surface area (Å²) in [5.74, 6) is 0.343. The number of amides is 1. The third-order valence-electron chi connectivity index (χ3n) is 5.40. The number of hydrogen-bond donors (Lipinski definition) is 3. The molecule has 0 radical (unpaired) electrons. The number of carbonyl (C=O) groups excluding carboxylic acids is 1. The van der Waals surface area contributed by atoms with Crippen molar-refractivity contribution in [1.82, 2.24) is 10.2 Å². The molecule has 2 fully saturated rings. The molecule has 1 amide bonds. The van der Waals surface area contributed by atoms with Gasteiger partial charge in [0, 0.05) is 13.2 Å². The van der Waals surface area contributed by atoms with E-state index in [2.05, 4.69) is 5.32 Å². The van der Waals surface area contributed by atoms with Crippen LogP contribution >= 0.6 is 0 Å². The second kappa shape index (κ2) is 7.34. The predicted octanol–water partition coefficient (Wildman–Crippen LogP) is 2.60. The van der Waals surface area contributed by atoms with Crippen molar-refractivity contribution in [3.8, 4) is 0 Å². The second-order valence-corrected chi connectivity index (χ2v) is 6.87. The predicted molar refractivity (Wildman–Crippen MR) is 93.6 cm³/mol. The van der Waals surface area contributed by atoms with E-state index < -0.39 is 5.54 Å². The maximum atomic E-state index is 13.4. The van der Waals surface area contributed by atoms with Crippen molar-refractivity contribution in [2.24, 2.45) is 5.92 Å². The first-order chi connectivity index (χ1) is 11.7. The monoisotopic (exact) mass is 329 g/mol.